The third-order valence-electron chi connectivity index (χ3n) is 5.82. The Labute approximate surface area is 167 Å². The summed E-state index contributed by atoms with van der Waals surface area (Å²) in [5.74, 6) is 0.136. The average molecular weight is 388 g/mol. The zero-order valence-electron chi connectivity index (χ0n) is 16.9. The van der Waals surface area contributed by atoms with E-state index in [9.17, 15) is 9.59 Å². The summed E-state index contributed by atoms with van der Waals surface area (Å²) in [5.41, 5.74) is 1.27. The molecule has 0 aromatic carbocycles. The molecule has 0 radical (unpaired) electrons. The number of nitrogens with zero attached hydrogens (tertiary/aromatic N) is 3. The molecule has 2 fully saturated rings. The highest BCUT2D eigenvalue weighted by Gasteiger charge is 2.31. The quantitative estimate of drug-likeness (QED) is 0.683. The van der Waals surface area contributed by atoms with E-state index >= 15 is 0 Å². The third kappa shape index (κ3) is 6.27. The summed E-state index contributed by atoms with van der Waals surface area (Å²) in [5, 5.41) is 5.68. The van der Waals surface area contributed by atoms with Gasteiger partial charge in [0.25, 0.3) is 0 Å². The molecule has 154 valence electrons. The van der Waals surface area contributed by atoms with E-state index in [-0.39, 0.29) is 17.7 Å². The standard InChI is InChI=1S/C21H33N5O2/c1-17(27)23-9-10-24-21(28)19-5-3-11-26(16-19)20-6-12-25(13-7-20)15-18-4-2-8-22-14-18/h2,4,8,14,19-20H,3,5-7,9-13,15-16H2,1H3,(H,23,27)(H,24,28)/t19-/m1/s1. The van der Waals surface area contributed by atoms with Gasteiger partial charge in [0.1, 0.15) is 0 Å². The van der Waals surface area contributed by atoms with Crippen LogP contribution < -0.4 is 10.6 Å². The SMILES string of the molecule is CC(=O)NCCNC(=O)[C@@H]1CCCN(C2CCN(Cc3cccnc3)CC2)C1. The van der Waals surface area contributed by atoms with Crippen molar-refractivity contribution >= 4 is 11.8 Å². The second-order valence-electron chi connectivity index (χ2n) is 7.98. The smallest absolute Gasteiger partial charge is 0.224 e. The van der Waals surface area contributed by atoms with Crippen molar-refractivity contribution in [1.82, 2.24) is 25.4 Å². The summed E-state index contributed by atoms with van der Waals surface area (Å²) in [7, 11) is 0. The van der Waals surface area contributed by atoms with E-state index < -0.39 is 0 Å². The molecule has 28 heavy (non-hydrogen) atoms. The van der Waals surface area contributed by atoms with E-state index in [4.69, 9.17) is 0 Å². The first kappa shape index (κ1) is 20.7. The van der Waals surface area contributed by atoms with Gasteiger partial charge in [-0.1, -0.05) is 6.07 Å². The van der Waals surface area contributed by atoms with E-state index in [2.05, 4.69) is 31.5 Å². The summed E-state index contributed by atoms with van der Waals surface area (Å²) < 4.78 is 0. The first-order chi connectivity index (χ1) is 13.6. The number of likely N-dealkylation sites (tertiary alicyclic amines) is 2. The number of pyridine rings is 1. The van der Waals surface area contributed by atoms with Crippen LogP contribution >= 0.6 is 0 Å². The number of carbonyl (C=O) groups excluding carboxylic acids is 2. The topological polar surface area (TPSA) is 77.6 Å². The highest BCUT2D eigenvalue weighted by atomic mass is 16.2. The maximum absolute atomic E-state index is 12.5. The van der Waals surface area contributed by atoms with Crippen LogP contribution in [0.4, 0.5) is 0 Å². The molecule has 0 aliphatic carbocycles. The monoisotopic (exact) mass is 387 g/mol. The Bertz CT molecular complexity index is 631. The molecule has 0 unspecified atom stereocenters. The van der Waals surface area contributed by atoms with Gasteiger partial charge in [-0.05, 0) is 56.9 Å². The second kappa shape index (κ2) is 10.5. The number of hydrogen-bond acceptors (Lipinski definition) is 5. The van der Waals surface area contributed by atoms with Gasteiger partial charge in [0.2, 0.25) is 11.8 Å². The Kier molecular flexibility index (Phi) is 7.80. The number of rotatable bonds is 7. The first-order valence-electron chi connectivity index (χ1n) is 10.5. The van der Waals surface area contributed by atoms with E-state index in [0.717, 1.165) is 58.4 Å². The molecule has 2 amide bonds. The van der Waals surface area contributed by atoms with Crippen LogP contribution in [0.3, 0.4) is 0 Å². The molecule has 1 atom stereocenters. The molecule has 2 aliphatic rings. The van der Waals surface area contributed by atoms with Gasteiger partial charge in [0.05, 0.1) is 5.92 Å². The molecule has 0 saturated carbocycles. The molecule has 7 nitrogen and oxygen atoms in total. The van der Waals surface area contributed by atoms with Crippen molar-refractivity contribution in [2.75, 3.05) is 39.3 Å². The number of piperidine rings is 2. The van der Waals surface area contributed by atoms with Crippen molar-refractivity contribution < 1.29 is 9.59 Å². The molecule has 3 rings (SSSR count). The summed E-state index contributed by atoms with van der Waals surface area (Å²) in [6.45, 7) is 7.62. The number of hydrogen-bond donors (Lipinski definition) is 2. The van der Waals surface area contributed by atoms with Crippen molar-refractivity contribution in [1.29, 1.82) is 0 Å². The number of carbonyl (C=O) groups is 2. The van der Waals surface area contributed by atoms with E-state index in [1.165, 1.54) is 12.5 Å². The minimum absolute atomic E-state index is 0.0621. The van der Waals surface area contributed by atoms with Crippen molar-refractivity contribution in [3.63, 3.8) is 0 Å². The first-order valence-corrected chi connectivity index (χ1v) is 10.5. The fourth-order valence-electron chi connectivity index (χ4n) is 4.31. The Morgan fingerprint density at radius 2 is 1.93 bits per heavy atom. The molecule has 3 heterocycles. The highest BCUT2D eigenvalue weighted by molar-refractivity contribution is 5.79. The summed E-state index contributed by atoms with van der Waals surface area (Å²) in [4.78, 5) is 32.6. The van der Waals surface area contributed by atoms with Crippen LogP contribution in [-0.4, -0.2) is 71.9 Å². The molecule has 2 aliphatic heterocycles. The van der Waals surface area contributed by atoms with Crippen LogP contribution in [0.1, 0.15) is 38.2 Å². The summed E-state index contributed by atoms with van der Waals surface area (Å²) in [6, 6.07) is 4.72. The summed E-state index contributed by atoms with van der Waals surface area (Å²) in [6.07, 6.45) is 8.14. The van der Waals surface area contributed by atoms with Gasteiger partial charge >= 0.3 is 0 Å². The lowest BCUT2D eigenvalue weighted by Gasteiger charge is -2.42. The molecular formula is C21H33N5O2. The molecule has 0 bridgehead atoms. The van der Waals surface area contributed by atoms with Gasteiger partial charge in [-0.25, -0.2) is 0 Å². The minimum atomic E-state index is -0.0621. The molecule has 2 saturated heterocycles. The fourth-order valence-corrected chi connectivity index (χ4v) is 4.31. The lowest BCUT2D eigenvalue weighted by atomic mass is 9.93. The van der Waals surface area contributed by atoms with Gasteiger partial charge in [0.15, 0.2) is 0 Å². The van der Waals surface area contributed by atoms with Gasteiger partial charge < -0.3 is 10.6 Å². The molecule has 1 aromatic heterocycles. The van der Waals surface area contributed by atoms with Crippen LogP contribution in [0.25, 0.3) is 0 Å². The highest BCUT2D eigenvalue weighted by Crippen LogP contribution is 2.24. The Hall–Kier alpha value is -1.99. The lowest BCUT2D eigenvalue weighted by Crippen LogP contribution is -2.51. The zero-order valence-corrected chi connectivity index (χ0v) is 16.9. The second-order valence-corrected chi connectivity index (χ2v) is 7.98. The molecule has 0 spiro atoms. The van der Waals surface area contributed by atoms with Gasteiger partial charge in [-0.2, -0.15) is 0 Å². The largest absolute Gasteiger partial charge is 0.355 e. The maximum atomic E-state index is 12.5. The van der Waals surface area contributed by atoms with Gasteiger partial charge in [0, 0.05) is 51.5 Å². The van der Waals surface area contributed by atoms with Crippen molar-refractivity contribution in [3.05, 3.63) is 30.1 Å². The van der Waals surface area contributed by atoms with Crippen molar-refractivity contribution in [2.24, 2.45) is 5.92 Å². The van der Waals surface area contributed by atoms with Crippen LogP contribution in [0.5, 0.6) is 0 Å². The Morgan fingerprint density at radius 3 is 2.64 bits per heavy atom. The van der Waals surface area contributed by atoms with Crippen LogP contribution in [0.15, 0.2) is 24.5 Å². The Balaban J connectivity index is 1.40. The Morgan fingerprint density at radius 1 is 1.14 bits per heavy atom. The molecule has 1 aromatic rings. The third-order valence-corrected chi connectivity index (χ3v) is 5.82. The van der Waals surface area contributed by atoms with Crippen molar-refractivity contribution in [2.45, 2.75) is 45.2 Å². The minimum Gasteiger partial charge on any atom is -0.355 e. The van der Waals surface area contributed by atoms with Gasteiger partial charge in [-0.3, -0.25) is 24.4 Å². The number of aromatic nitrogens is 1. The summed E-state index contributed by atoms with van der Waals surface area (Å²) >= 11 is 0. The van der Waals surface area contributed by atoms with Crippen LogP contribution in [0.2, 0.25) is 0 Å². The normalized spacial score (nSPS) is 22.0. The lowest BCUT2D eigenvalue weighted by molar-refractivity contribution is -0.127. The zero-order chi connectivity index (χ0) is 19.8. The van der Waals surface area contributed by atoms with Crippen LogP contribution in [0, 0.1) is 5.92 Å². The van der Waals surface area contributed by atoms with Crippen molar-refractivity contribution in [3.8, 4) is 0 Å². The fraction of sp³-hybridized carbons (Fsp3) is 0.667. The van der Waals surface area contributed by atoms with E-state index in [0.29, 0.717) is 19.1 Å². The predicted octanol–water partition coefficient (Wildman–Crippen LogP) is 1.01. The molecule has 2 N–H and O–H groups in total. The maximum Gasteiger partial charge on any atom is 0.224 e. The molecule has 7 heteroatoms. The van der Waals surface area contributed by atoms with E-state index in [1.54, 1.807) is 0 Å². The predicted molar refractivity (Wildman–Crippen MR) is 109 cm³/mol. The van der Waals surface area contributed by atoms with Gasteiger partial charge in [-0.15, -0.1) is 0 Å². The number of nitrogens with one attached hydrogen (secondary N) is 2. The van der Waals surface area contributed by atoms with Crippen LogP contribution in [-0.2, 0) is 16.1 Å². The molecular weight excluding hydrogens is 354 g/mol. The number of amides is 2. The van der Waals surface area contributed by atoms with E-state index in [1.807, 2.05) is 18.5 Å². The average Bonchev–Trinajstić information content (AvgIpc) is 2.72.